The van der Waals surface area contributed by atoms with Crippen LogP contribution in [0.4, 0.5) is 4.39 Å². The van der Waals surface area contributed by atoms with Crippen molar-refractivity contribution >= 4 is 16.8 Å². The number of carbonyl (C=O) groups is 1. The Labute approximate surface area is 134 Å². The molecule has 3 aromatic rings. The van der Waals surface area contributed by atoms with Crippen molar-refractivity contribution in [1.29, 1.82) is 0 Å². The standard InChI is InChI=1S/C19H17FN2O/c1-13-12-17(16-4-2-3-5-18(16)22-13)19(23)21-11-10-14-6-8-15(20)9-7-14/h2-9,12H,10-11H2,1H3,(H,21,23). The lowest BCUT2D eigenvalue weighted by atomic mass is 10.1. The zero-order chi connectivity index (χ0) is 16.2. The average Bonchev–Trinajstić information content (AvgIpc) is 2.55. The summed E-state index contributed by atoms with van der Waals surface area (Å²) < 4.78 is 12.9. The van der Waals surface area contributed by atoms with Crippen LogP contribution in [0, 0.1) is 12.7 Å². The summed E-state index contributed by atoms with van der Waals surface area (Å²) in [5.74, 6) is -0.370. The lowest BCUT2D eigenvalue weighted by Gasteiger charge is -2.09. The van der Waals surface area contributed by atoms with Gasteiger partial charge in [0.2, 0.25) is 0 Å². The summed E-state index contributed by atoms with van der Waals surface area (Å²) in [5.41, 5.74) is 3.25. The summed E-state index contributed by atoms with van der Waals surface area (Å²) in [6.45, 7) is 2.38. The molecule has 0 saturated heterocycles. The second-order valence-corrected chi connectivity index (χ2v) is 5.46. The number of halogens is 1. The van der Waals surface area contributed by atoms with E-state index in [0.29, 0.717) is 18.5 Å². The molecule has 23 heavy (non-hydrogen) atoms. The van der Waals surface area contributed by atoms with Gasteiger partial charge >= 0.3 is 0 Å². The van der Waals surface area contributed by atoms with E-state index in [-0.39, 0.29) is 11.7 Å². The van der Waals surface area contributed by atoms with Gasteiger partial charge in [-0.2, -0.15) is 0 Å². The highest BCUT2D eigenvalue weighted by atomic mass is 19.1. The van der Waals surface area contributed by atoms with E-state index < -0.39 is 0 Å². The third kappa shape index (κ3) is 3.54. The molecule has 1 N–H and O–H groups in total. The first kappa shape index (κ1) is 15.2. The molecule has 1 amide bonds. The first-order chi connectivity index (χ1) is 11.1. The fraction of sp³-hybridized carbons (Fsp3) is 0.158. The minimum absolute atomic E-state index is 0.117. The second-order valence-electron chi connectivity index (χ2n) is 5.46. The number of aromatic nitrogens is 1. The van der Waals surface area contributed by atoms with E-state index in [1.54, 1.807) is 18.2 Å². The number of nitrogens with one attached hydrogen (secondary N) is 1. The highest BCUT2D eigenvalue weighted by Gasteiger charge is 2.11. The lowest BCUT2D eigenvalue weighted by molar-refractivity contribution is 0.0955. The summed E-state index contributed by atoms with van der Waals surface area (Å²) in [5, 5.41) is 3.77. The largest absolute Gasteiger partial charge is 0.352 e. The quantitative estimate of drug-likeness (QED) is 0.799. The summed E-state index contributed by atoms with van der Waals surface area (Å²) >= 11 is 0. The molecule has 1 aromatic heterocycles. The van der Waals surface area contributed by atoms with E-state index in [0.717, 1.165) is 22.2 Å². The maximum absolute atomic E-state index is 12.9. The van der Waals surface area contributed by atoms with E-state index in [1.807, 2.05) is 31.2 Å². The van der Waals surface area contributed by atoms with E-state index in [4.69, 9.17) is 0 Å². The monoisotopic (exact) mass is 308 g/mol. The predicted octanol–water partition coefficient (Wildman–Crippen LogP) is 3.65. The van der Waals surface area contributed by atoms with Gasteiger partial charge in [0.15, 0.2) is 0 Å². The minimum Gasteiger partial charge on any atom is -0.352 e. The molecule has 0 saturated carbocycles. The number of rotatable bonds is 4. The van der Waals surface area contributed by atoms with Crippen LogP contribution in [0.15, 0.2) is 54.6 Å². The number of nitrogens with zero attached hydrogens (tertiary/aromatic N) is 1. The molecule has 0 aliphatic heterocycles. The summed E-state index contributed by atoms with van der Waals surface area (Å²) in [4.78, 5) is 16.9. The van der Waals surface area contributed by atoms with Crippen molar-refractivity contribution in [2.75, 3.05) is 6.54 Å². The molecule has 0 radical (unpaired) electrons. The average molecular weight is 308 g/mol. The minimum atomic E-state index is -0.253. The maximum atomic E-state index is 12.9. The smallest absolute Gasteiger partial charge is 0.252 e. The Kier molecular flexibility index (Phi) is 4.33. The number of hydrogen-bond acceptors (Lipinski definition) is 2. The number of fused-ring (bicyclic) bond motifs is 1. The van der Waals surface area contributed by atoms with E-state index in [9.17, 15) is 9.18 Å². The first-order valence-electron chi connectivity index (χ1n) is 7.52. The van der Waals surface area contributed by atoms with Gasteiger partial charge < -0.3 is 5.32 Å². The van der Waals surface area contributed by atoms with Crippen LogP contribution >= 0.6 is 0 Å². The van der Waals surface area contributed by atoms with Crippen LogP contribution in [0.2, 0.25) is 0 Å². The molecule has 0 atom stereocenters. The summed E-state index contributed by atoms with van der Waals surface area (Å²) in [7, 11) is 0. The zero-order valence-corrected chi connectivity index (χ0v) is 12.8. The van der Waals surface area contributed by atoms with E-state index in [2.05, 4.69) is 10.3 Å². The fourth-order valence-corrected chi connectivity index (χ4v) is 2.56. The molecular formula is C19H17FN2O. The molecule has 0 fully saturated rings. The third-order valence-corrected chi connectivity index (χ3v) is 3.70. The molecule has 0 aliphatic rings. The fourth-order valence-electron chi connectivity index (χ4n) is 2.56. The highest BCUT2D eigenvalue weighted by molar-refractivity contribution is 6.06. The zero-order valence-electron chi connectivity index (χ0n) is 12.8. The van der Waals surface area contributed by atoms with Crippen molar-refractivity contribution in [2.24, 2.45) is 0 Å². The van der Waals surface area contributed by atoms with Crippen molar-refractivity contribution in [3.05, 3.63) is 77.2 Å². The van der Waals surface area contributed by atoms with Crippen LogP contribution in [0.25, 0.3) is 10.9 Å². The highest BCUT2D eigenvalue weighted by Crippen LogP contribution is 2.18. The Morgan fingerprint density at radius 3 is 2.65 bits per heavy atom. The topological polar surface area (TPSA) is 42.0 Å². The molecular weight excluding hydrogens is 291 g/mol. The molecule has 3 rings (SSSR count). The number of para-hydroxylation sites is 1. The van der Waals surface area contributed by atoms with Gasteiger partial charge in [-0.1, -0.05) is 30.3 Å². The van der Waals surface area contributed by atoms with Crippen molar-refractivity contribution < 1.29 is 9.18 Å². The Morgan fingerprint density at radius 1 is 1.13 bits per heavy atom. The predicted molar refractivity (Wildman–Crippen MR) is 88.9 cm³/mol. The second kappa shape index (κ2) is 6.57. The number of carbonyl (C=O) groups excluding carboxylic acids is 1. The first-order valence-corrected chi connectivity index (χ1v) is 7.52. The van der Waals surface area contributed by atoms with Gasteiger partial charge in [-0.15, -0.1) is 0 Å². The van der Waals surface area contributed by atoms with Crippen molar-refractivity contribution in [2.45, 2.75) is 13.3 Å². The molecule has 0 spiro atoms. The molecule has 116 valence electrons. The van der Waals surface area contributed by atoms with Gasteiger partial charge in [-0.05, 0) is 43.2 Å². The molecule has 1 heterocycles. The van der Waals surface area contributed by atoms with Gasteiger partial charge in [0.05, 0.1) is 11.1 Å². The number of pyridine rings is 1. The normalized spacial score (nSPS) is 10.7. The maximum Gasteiger partial charge on any atom is 0.252 e. The Hall–Kier alpha value is -2.75. The number of amides is 1. The van der Waals surface area contributed by atoms with Crippen LogP contribution in [-0.2, 0) is 6.42 Å². The Morgan fingerprint density at radius 2 is 1.87 bits per heavy atom. The Balaban J connectivity index is 1.72. The van der Waals surface area contributed by atoms with E-state index >= 15 is 0 Å². The van der Waals surface area contributed by atoms with Crippen LogP contribution in [0.5, 0.6) is 0 Å². The summed E-state index contributed by atoms with van der Waals surface area (Å²) in [6.07, 6.45) is 0.661. The molecule has 2 aromatic carbocycles. The molecule has 0 unspecified atom stereocenters. The van der Waals surface area contributed by atoms with Crippen LogP contribution in [0.3, 0.4) is 0 Å². The lowest BCUT2D eigenvalue weighted by Crippen LogP contribution is -2.26. The van der Waals surface area contributed by atoms with Crippen LogP contribution in [0.1, 0.15) is 21.6 Å². The van der Waals surface area contributed by atoms with Gasteiger partial charge in [0, 0.05) is 17.6 Å². The van der Waals surface area contributed by atoms with Crippen molar-refractivity contribution in [3.63, 3.8) is 0 Å². The van der Waals surface area contributed by atoms with Crippen LogP contribution < -0.4 is 5.32 Å². The van der Waals surface area contributed by atoms with Gasteiger partial charge in [0.25, 0.3) is 5.91 Å². The molecule has 4 heteroatoms. The van der Waals surface area contributed by atoms with E-state index in [1.165, 1.54) is 12.1 Å². The van der Waals surface area contributed by atoms with Gasteiger partial charge in [0.1, 0.15) is 5.82 Å². The van der Waals surface area contributed by atoms with Crippen molar-refractivity contribution in [3.8, 4) is 0 Å². The third-order valence-electron chi connectivity index (χ3n) is 3.70. The number of aryl methyl sites for hydroxylation is 1. The Bertz CT molecular complexity index is 844. The summed E-state index contributed by atoms with van der Waals surface area (Å²) in [6, 6.07) is 15.7. The SMILES string of the molecule is Cc1cc(C(=O)NCCc2ccc(F)cc2)c2ccccc2n1. The van der Waals surface area contributed by atoms with Crippen LogP contribution in [-0.4, -0.2) is 17.4 Å². The van der Waals surface area contributed by atoms with Crippen molar-refractivity contribution in [1.82, 2.24) is 10.3 Å². The number of hydrogen-bond donors (Lipinski definition) is 1. The molecule has 3 nitrogen and oxygen atoms in total. The molecule has 0 bridgehead atoms. The molecule has 0 aliphatic carbocycles. The van der Waals surface area contributed by atoms with Gasteiger partial charge in [-0.3, -0.25) is 9.78 Å². The number of benzene rings is 2. The van der Waals surface area contributed by atoms with Gasteiger partial charge in [-0.25, -0.2) is 4.39 Å².